The normalized spacial score (nSPS) is 12.1. The molecule has 2 aromatic carbocycles. The average Bonchev–Trinajstić information content (AvgIpc) is 3.03. The summed E-state index contributed by atoms with van der Waals surface area (Å²) in [7, 11) is 0. The van der Waals surface area contributed by atoms with Crippen molar-refractivity contribution >= 4 is 17.3 Å². The molecule has 0 radical (unpaired) electrons. The van der Waals surface area contributed by atoms with Crippen LogP contribution >= 0.6 is 11.6 Å². The predicted octanol–water partition coefficient (Wildman–Crippen LogP) is 5.27. The minimum atomic E-state index is -0.434. The summed E-state index contributed by atoms with van der Waals surface area (Å²) in [4.78, 5) is 0. The molecule has 0 spiro atoms. The van der Waals surface area contributed by atoms with Crippen LogP contribution in [0.3, 0.4) is 0 Å². The number of halogens is 2. The summed E-state index contributed by atoms with van der Waals surface area (Å²) in [5.41, 5.74) is 1.78. The zero-order valence-electron chi connectivity index (χ0n) is 11.1. The minimum Gasteiger partial charge on any atom is -0.467 e. The second-order valence-electron chi connectivity index (χ2n) is 4.63. The van der Waals surface area contributed by atoms with Gasteiger partial charge in [0.1, 0.15) is 17.6 Å². The van der Waals surface area contributed by atoms with Crippen LogP contribution in [0.5, 0.6) is 0 Å². The van der Waals surface area contributed by atoms with Gasteiger partial charge in [-0.3, -0.25) is 0 Å². The maximum absolute atomic E-state index is 13.3. The molecule has 0 saturated heterocycles. The summed E-state index contributed by atoms with van der Waals surface area (Å²) < 4.78 is 18.8. The standard InChI is InChI=1S/C17H13ClFNO/c18-14-11-13(8-9-15(14)19)20-17(16-7-4-10-21-16)12-5-2-1-3-6-12/h1-11,17,20H. The molecule has 4 heteroatoms. The summed E-state index contributed by atoms with van der Waals surface area (Å²) in [6.07, 6.45) is 1.63. The fourth-order valence-corrected chi connectivity index (χ4v) is 2.35. The van der Waals surface area contributed by atoms with Gasteiger partial charge in [0, 0.05) is 5.69 Å². The number of nitrogens with one attached hydrogen (secondary N) is 1. The van der Waals surface area contributed by atoms with E-state index < -0.39 is 5.82 Å². The second-order valence-corrected chi connectivity index (χ2v) is 5.04. The molecule has 0 aliphatic carbocycles. The Labute approximate surface area is 127 Å². The van der Waals surface area contributed by atoms with Crippen molar-refractivity contribution in [3.8, 4) is 0 Å². The van der Waals surface area contributed by atoms with Crippen molar-refractivity contribution < 1.29 is 8.81 Å². The van der Waals surface area contributed by atoms with E-state index in [2.05, 4.69) is 5.32 Å². The van der Waals surface area contributed by atoms with Crippen LogP contribution in [0, 0.1) is 5.82 Å². The molecule has 2 nitrogen and oxygen atoms in total. The van der Waals surface area contributed by atoms with E-state index in [0.717, 1.165) is 17.0 Å². The summed E-state index contributed by atoms with van der Waals surface area (Å²) in [6, 6.07) is 18.0. The van der Waals surface area contributed by atoms with Crippen molar-refractivity contribution in [1.29, 1.82) is 0 Å². The van der Waals surface area contributed by atoms with Gasteiger partial charge in [0.05, 0.1) is 11.3 Å². The fraction of sp³-hybridized carbons (Fsp3) is 0.0588. The number of hydrogen-bond donors (Lipinski definition) is 1. The first kappa shape index (κ1) is 13.7. The first-order valence-corrected chi connectivity index (χ1v) is 6.92. The third kappa shape index (κ3) is 3.09. The topological polar surface area (TPSA) is 25.2 Å². The van der Waals surface area contributed by atoms with Gasteiger partial charge < -0.3 is 9.73 Å². The van der Waals surface area contributed by atoms with Crippen molar-refractivity contribution in [2.75, 3.05) is 5.32 Å². The quantitative estimate of drug-likeness (QED) is 0.710. The van der Waals surface area contributed by atoms with E-state index in [0.29, 0.717) is 0 Å². The van der Waals surface area contributed by atoms with Crippen LogP contribution in [-0.2, 0) is 0 Å². The van der Waals surface area contributed by atoms with E-state index in [4.69, 9.17) is 16.0 Å². The zero-order chi connectivity index (χ0) is 14.7. The van der Waals surface area contributed by atoms with E-state index in [9.17, 15) is 4.39 Å². The predicted molar refractivity (Wildman–Crippen MR) is 82.0 cm³/mol. The fourth-order valence-electron chi connectivity index (χ4n) is 2.17. The molecular weight excluding hydrogens is 289 g/mol. The lowest BCUT2D eigenvalue weighted by molar-refractivity contribution is 0.499. The third-order valence-corrected chi connectivity index (χ3v) is 3.48. The van der Waals surface area contributed by atoms with E-state index >= 15 is 0 Å². The molecule has 1 unspecified atom stereocenters. The lowest BCUT2D eigenvalue weighted by atomic mass is 10.0. The summed E-state index contributed by atoms with van der Waals surface area (Å²) >= 11 is 5.83. The Bertz CT molecular complexity index is 713. The first-order chi connectivity index (χ1) is 10.2. The highest BCUT2D eigenvalue weighted by Crippen LogP contribution is 2.28. The van der Waals surface area contributed by atoms with Crippen molar-refractivity contribution in [3.05, 3.63) is 89.1 Å². The SMILES string of the molecule is Fc1ccc(NC(c2ccccc2)c2ccco2)cc1Cl. The van der Waals surface area contributed by atoms with Gasteiger partial charge in [0.15, 0.2) is 0 Å². The van der Waals surface area contributed by atoms with Crippen LogP contribution in [0.2, 0.25) is 5.02 Å². The Hall–Kier alpha value is -2.26. The molecule has 0 aliphatic rings. The van der Waals surface area contributed by atoms with Crippen LogP contribution in [-0.4, -0.2) is 0 Å². The van der Waals surface area contributed by atoms with E-state index in [1.807, 2.05) is 42.5 Å². The van der Waals surface area contributed by atoms with E-state index in [-0.39, 0.29) is 11.1 Å². The molecule has 1 N–H and O–H groups in total. The smallest absolute Gasteiger partial charge is 0.141 e. The van der Waals surface area contributed by atoms with Crippen molar-refractivity contribution in [2.24, 2.45) is 0 Å². The molecule has 1 atom stereocenters. The minimum absolute atomic E-state index is 0.0891. The van der Waals surface area contributed by atoms with E-state index in [1.165, 1.54) is 6.07 Å². The molecule has 0 fully saturated rings. The Morgan fingerprint density at radius 3 is 2.48 bits per heavy atom. The molecule has 0 saturated carbocycles. The Morgan fingerprint density at radius 1 is 1.00 bits per heavy atom. The van der Waals surface area contributed by atoms with Gasteiger partial charge in [-0.2, -0.15) is 0 Å². The highest BCUT2D eigenvalue weighted by atomic mass is 35.5. The molecule has 21 heavy (non-hydrogen) atoms. The molecule has 0 aliphatic heterocycles. The second kappa shape index (κ2) is 6.02. The molecule has 1 aromatic heterocycles. The lowest BCUT2D eigenvalue weighted by Gasteiger charge is -2.18. The van der Waals surface area contributed by atoms with Gasteiger partial charge in [0.25, 0.3) is 0 Å². The maximum atomic E-state index is 13.3. The first-order valence-electron chi connectivity index (χ1n) is 6.54. The van der Waals surface area contributed by atoms with Crippen molar-refractivity contribution in [3.63, 3.8) is 0 Å². The average molecular weight is 302 g/mol. The number of hydrogen-bond acceptors (Lipinski definition) is 2. The summed E-state index contributed by atoms with van der Waals surface area (Å²) in [6.45, 7) is 0. The molecular formula is C17H13ClFNO. The van der Waals surface area contributed by atoms with E-state index in [1.54, 1.807) is 18.4 Å². The van der Waals surface area contributed by atoms with Crippen LogP contribution < -0.4 is 5.32 Å². The molecule has 106 valence electrons. The van der Waals surface area contributed by atoms with Crippen molar-refractivity contribution in [2.45, 2.75) is 6.04 Å². The Balaban J connectivity index is 1.95. The van der Waals surface area contributed by atoms with Gasteiger partial charge in [0.2, 0.25) is 0 Å². The molecule has 0 bridgehead atoms. The molecule has 3 aromatic rings. The lowest BCUT2D eigenvalue weighted by Crippen LogP contribution is -2.11. The Kier molecular flexibility index (Phi) is 3.93. The largest absolute Gasteiger partial charge is 0.467 e. The third-order valence-electron chi connectivity index (χ3n) is 3.19. The molecule has 0 amide bonds. The number of furan rings is 1. The van der Waals surface area contributed by atoms with Crippen LogP contribution in [0.1, 0.15) is 17.4 Å². The monoisotopic (exact) mass is 301 g/mol. The van der Waals surface area contributed by atoms with Gasteiger partial charge >= 0.3 is 0 Å². The van der Waals surface area contributed by atoms with Gasteiger partial charge in [-0.1, -0.05) is 41.9 Å². The number of rotatable bonds is 4. The number of anilines is 1. The van der Waals surface area contributed by atoms with Gasteiger partial charge in [-0.05, 0) is 35.9 Å². The molecule has 3 rings (SSSR count). The summed E-state index contributed by atoms with van der Waals surface area (Å²) in [5.74, 6) is 0.345. The van der Waals surface area contributed by atoms with Crippen LogP contribution in [0.15, 0.2) is 71.3 Å². The highest BCUT2D eigenvalue weighted by molar-refractivity contribution is 6.31. The van der Waals surface area contributed by atoms with Gasteiger partial charge in [-0.15, -0.1) is 0 Å². The maximum Gasteiger partial charge on any atom is 0.141 e. The van der Waals surface area contributed by atoms with Crippen molar-refractivity contribution in [1.82, 2.24) is 0 Å². The molecule has 1 heterocycles. The number of benzene rings is 2. The zero-order valence-corrected chi connectivity index (χ0v) is 11.8. The van der Waals surface area contributed by atoms with Crippen LogP contribution in [0.4, 0.5) is 10.1 Å². The highest BCUT2D eigenvalue weighted by Gasteiger charge is 2.17. The Morgan fingerprint density at radius 2 is 1.81 bits per heavy atom. The van der Waals surface area contributed by atoms with Crippen LogP contribution in [0.25, 0.3) is 0 Å². The van der Waals surface area contributed by atoms with Gasteiger partial charge in [-0.25, -0.2) is 4.39 Å². The summed E-state index contributed by atoms with van der Waals surface area (Å²) in [5, 5.41) is 3.41.